The molecule has 144 valence electrons. The highest BCUT2D eigenvalue weighted by atomic mass is 16.5. The van der Waals surface area contributed by atoms with E-state index in [9.17, 15) is 4.79 Å². The molecule has 0 saturated carbocycles. The van der Waals surface area contributed by atoms with Gasteiger partial charge in [0, 0.05) is 17.4 Å². The van der Waals surface area contributed by atoms with Crippen LogP contribution in [0.2, 0.25) is 0 Å². The van der Waals surface area contributed by atoms with Gasteiger partial charge in [-0.25, -0.2) is 0 Å². The summed E-state index contributed by atoms with van der Waals surface area (Å²) in [7, 11) is 0. The molecule has 0 bridgehead atoms. The second kappa shape index (κ2) is 10.3. The lowest BCUT2D eigenvalue weighted by Crippen LogP contribution is -2.21. The number of amides is 1. The van der Waals surface area contributed by atoms with Gasteiger partial charge in [-0.1, -0.05) is 19.6 Å². The Morgan fingerprint density at radius 2 is 1.85 bits per heavy atom. The van der Waals surface area contributed by atoms with Crippen molar-refractivity contribution in [3.63, 3.8) is 0 Å². The molecule has 2 N–H and O–H groups in total. The van der Waals surface area contributed by atoms with Crippen LogP contribution in [0.4, 0.5) is 11.4 Å². The Hall–Kier alpha value is -2.95. The fraction of sp³-hybridized carbons (Fsp3) is 0.318. The molecule has 0 aromatic heterocycles. The molecule has 0 aliphatic carbocycles. The van der Waals surface area contributed by atoms with Crippen molar-refractivity contribution in [1.29, 1.82) is 0 Å². The molecule has 0 radical (unpaired) electrons. The van der Waals surface area contributed by atoms with E-state index in [1.807, 2.05) is 62.4 Å². The number of benzene rings is 2. The third kappa shape index (κ3) is 7.44. The second-order valence-electron chi connectivity index (χ2n) is 6.54. The van der Waals surface area contributed by atoms with Crippen LogP contribution in [0, 0.1) is 0 Å². The minimum absolute atomic E-state index is 0.126. The van der Waals surface area contributed by atoms with Gasteiger partial charge >= 0.3 is 0 Å². The molecule has 5 heteroatoms. The molecular formula is C22H28N2O3. The summed E-state index contributed by atoms with van der Waals surface area (Å²) >= 11 is 0. The van der Waals surface area contributed by atoms with E-state index in [2.05, 4.69) is 24.1 Å². The zero-order valence-electron chi connectivity index (χ0n) is 16.2. The van der Waals surface area contributed by atoms with Crippen LogP contribution in [0.25, 0.3) is 0 Å². The number of nitrogens with one attached hydrogen (secondary N) is 2. The van der Waals surface area contributed by atoms with E-state index in [1.165, 1.54) is 0 Å². The van der Waals surface area contributed by atoms with Crippen molar-refractivity contribution in [2.45, 2.75) is 33.3 Å². The van der Waals surface area contributed by atoms with Gasteiger partial charge in [0.15, 0.2) is 0 Å². The Balaban J connectivity index is 1.82. The summed E-state index contributed by atoms with van der Waals surface area (Å²) in [5.74, 6) is 1.41. The molecular weight excluding hydrogens is 340 g/mol. The van der Waals surface area contributed by atoms with Crippen LogP contribution in [-0.4, -0.2) is 25.2 Å². The largest absolute Gasteiger partial charge is 0.491 e. The van der Waals surface area contributed by atoms with E-state index in [-0.39, 0.29) is 18.6 Å². The lowest BCUT2D eigenvalue weighted by molar-refractivity contribution is -0.114. The molecule has 0 fully saturated rings. The van der Waals surface area contributed by atoms with Crippen LogP contribution in [0.1, 0.15) is 27.2 Å². The first-order valence-electron chi connectivity index (χ1n) is 9.14. The van der Waals surface area contributed by atoms with E-state index >= 15 is 0 Å². The standard InChI is InChI=1S/C22H28N2O3/c1-5-17(4)27-21-8-6-7-19(13-21)23-14-22(25)24-18-9-11-20(12-10-18)26-15-16(2)3/h6-13,17,23H,2,5,14-15H2,1,3-4H3,(H,24,25). The third-order valence-electron chi connectivity index (χ3n) is 3.82. The van der Waals surface area contributed by atoms with Crippen molar-refractivity contribution in [2.24, 2.45) is 0 Å². The predicted molar refractivity (Wildman–Crippen MR) is 111 cm³/mol. The SMILES string of the molecule is C=C(C)COc1ccc(NC(=O)CNc2cccc(OC(C)CC)c2)cc1. The van der Waals surface area contributed by atoms with Gasteiger partial charge in [-0.05, 0) is 62.2 Å². The number of hydrogen-bond donors (Lipinski definition) is 2. The molecule has 0 heterocycles. The molecule has 0 saturated heterocycles. The minimum atomic E-state index is -0.126. The van der Waals surface area contributed by atoms with E-state index in [1.54, 1.807) is 0 Å². The number of hydrogen-bond acceptors (Lipinski definition) is 4. The Labute approximate surface area is 161 Å². The maximum atomic E-state index is 12.1. The van der Waals surface area contributed by atoms with Crippen molar-refractivity contribution < 1.29 is 14.3 Å². The average Bonchev–Trinajstić information content (AvgIpc) is 2.66. The molecule has 2 aromatic carbocycles. The zero-order valence-corrected chi connectivity index (χ0v) is 16.2. The Morgan fingerprint density at radius 1 is 1.11 bits per heavy atom. The van der Waals surface area contributed by atoms with E-state index < -0.39 is 0 Å². The quantitative estimate of drug-likeness (QED) is 0.588. The smallest absolute Gasteiger partial charge is 0.243 e. The van der Waals surface area contributed by atoms with Crippen LogP contribution in [0.3, 0.4) is 0 Å². The number of carbonyl (C=O) groups excluding carboxylic acids is 1. The Bertz CT molecular complexity index is 756. The van der Waals surface area contributed by atoms with Gasteiger partial charge in [0.2, 0.25) is 5.91 Å². The first-order valence-corrected chi connectivity index (χ1v) is 9.14. The fourth-order valence-corrected chi connectivity index (χ4v) is 2.22. The second-order valence-corrected chi connectivity index (χ2v) is 6.54. The van der Waals surface area contributed by atoms with Crippen LogP contribution < -0.4 is 20.1 Å². The third-order valence-corrected chi connectivity index (χ3v) is 3.82. The van der Waals surface area contributed by atoms with Gasteiger partial charge in [-0.2, -0.15) is 0 Å². The van der Waals surface area contributed by atoms with Crippen molar-refractivity contribution in [3.05, 3.63) is 60.7 Å². The first-order chi connectivity index (χ1) is 13.0. The summed E-state index contributed by atoms with van der Waals surface area (Å²) in [5.41, 5.74) is 2.52. The zero-order chi connectivity index (χ0) is 19.6. The highest BCUT2D eigenvalue weighted by Crippen LogP contribution is 2.19. The average molecular weight is 368 g/mol. The highest BCUT2D eigenvalue weighted by molar-refractivity contribution is 5.93. The Kier molecular flexibility index (Phi) is 7.74. The normalized spacial score (nSPS) is 11.4. The number of carbonyl (C=O) groups is 1. The number of rotatable bonds is 10. The minimum Gasteiger partial charge on any atom is -0.491 e. The number of anilines is 2. The molecule has 0 spiro atoms. The summed E-state index contributed by atoms with van der Waals surface area (Å²) in [6.07, 6.45) is 1.10. The van der Waals surface area contributed by atoms with Crippen LogP contribution >= 0.6 is 0 Å². The van der Waals surface area contributed by atoms with E-state index in [0.717, 1.165) is 34.9 Å². The van der Waals surface area contributed by atoms with Crippen molar-refractivity contribution in [2.75, 3.05) is 23.8 Å². The molecule has 2 rings (SSSR count). The van der Waals surface area contributed by atoms with Crippen LogP contribution in [-0.2, 0) is 4.79 Å². The van der Waals surface area contributed by atoms with Gasteiger partial charge in [-0.15, -0.1) is 0 Å². The molecule has 0 aliphatic rings. The van der Waals surface area contributed by atoms with Crippen molar-refractivity contribution >= 4 is 17.3 Å². The maximum absolute atomic E-state index is 12.1. The molecule has 1 amide bonds. The molecule has 1 unspecified atom stereocenters. The molecule has 27 heavy (non-hydrogen) atoms. The monoisotopic (exact) mass is 368 g/mol. The predicted octanol–water partition coefficient (Wildman–Crippen LogP) is 4.87. The molecule has 1 atom stereocenters. The van der Waals surface area contributed by atoms with Crippen molar-refractivity contribution in [1.82, 2.24) is 0 Å². The summed E-state index contributed by atoms with van der Waals surface area (Å²) < 4.78 is 11.3. The summed E-state index contributed by atoms with van der Waals surface area (Å²) in [5, 5.41) is 5.97. The van der Waals surface area contributed by atoms with Gasteiger partial charge < -0.3 is 20.1 Å². The van der Waals surface area contributed by atoms with Crippen LogP contribution in [0.15, 0.2) is 60.7 Å². The number of ether oxygens (including phenoxy) is 2. The molecule has 2 aromatic rings. The van der Waals surface area contributed by atoms with Gasteiger partial charge in [-0.3, -0.25) is 4.79 Å². The van der Waals surface area contributed by atoms with Gasteiger partial charge in [0.25, 0.3) is 0 Å². The summed E-state index contributed by atoms with van der Waals surface area (Å²) in [6, 6.07) is 14.9. The van der Waals surface area contributed by atoms with E-state index in [0.29, 0.717) is 6.61 Å². The summed E-state index contributed by atoms with van der Waals surface area (Å²) in [6.45, 7) is 10.5. The molecule has 5 nitrogen and oxygen atoms in total. The van der Waals surface area contributed by atoms with Gasteiger partial charge in [0.1, 0.15) is 18.1 Å². The van der Waals surface area contributed by atoms with Gasteiger partial charge in [0.05, 0.1) is 12.6 Å². The highest BCUT2D eigenvalue weighted by Gasteiger charge is 2.05. The van der Waals surface area contributed by atoms with Crippen molar-refractivity contribution in [3.8, 4) is 11.5 Å². The first kappa shape index (κ1) is 20.4. The lowest BCUT2D eigenvalue weighted by Gasteiger charge is -2.14. The van der Waals surface area contributed by atoms with E-state index in [4.69, 9.17) is 9.47 Å². The topological polar surface area (TPSA) is 59.6 Å². The summed E-state index contributed by atoms with van der Waals surface area (Å²) in [4.78, 5) is 12.1. The Morgan fingerprint density at radius 3 is 2.52 bits per heavy atom. The fourth-order valence-electron chi connectivity index (χ4n) is 2.22. The lowest BCUT2D eigenvalue weighted by atomic mass is 10.2. The maximum Gasteiger partial charge on any atom is 0.243 e. The van der Waals surface area contributed by atoms with Crippen LogP contribution in [0.5, 0.6) is 11.5 Å². The molecule has 0 aliphatic heterocycles.